The number of ether oxygens (including phenoxy) is 1. The van der Waals surface area contributed by atoms with Gasteiger partial charge in [-0.2, -0.15) is 4.98 Å². The van der Waals surface area contributed by atoms with Crippen molar-refractivity contribution in [2.24, 2.45) is 0 Å². The van der Waals surface area contributed by atoms with Gasteiger partial charge in [-0.05, 0) is 24.6 Å². The third-order valence-electron chi connectivity index (χ3n) is 3.49. The van der Waals surface area contributed by atoms with Crippen LogP contribution in [0.3, 0.4) is 0 Å². The normalized spacial score (nSPS) is 11.9. The SMILES string of the molecule is CCCCNS(=O)(=O)c1ccc(OC)c(-c2nc(C(C)C)no2)c1. The van der Waals surface area contributed by atoms with Gasteiger partial charge >= 0.3 is 0 Å². The summed E-state index contributed by atoms with van der Waals surface area (Å²) < 4.78 is 37.9. The maximum atomic E-state index is 12.4. The lowest BCUT2D eigenvalue weighted by molar-refractivity contribution is 0.401. The van der Waals surface area contributed by atoms with E-state index in [1.807, 2.05) is 20.8 Å². The largest absolute Gasteiger partial charge is 0.496 e. The number of hydrogen-bond donors (Lipinski definition) is 1. The van der Waals surface area contributed by atoms with E-state index in [0.29, 0.717) is 23.7 Å². The fourth-order valence-electron chi connectivity index (χ4n) is 2.07. The van der Waals surface area contributed by atoms with Crippen molar-refractivity contribution in [3.8, 4) is 17.2 Å². The Balaban J connectivity index is 2.40. The molecule has 0 aliphatic rings. The molecule has 0 saturated carbocycles. The first-order chi connectivity index (χ1) is 11.4. The van der Waals surface area contributed by atoms with Crippen LogP contribution < -0.4 is 9.46 Å². The molecule has 2 rings (SSSR count). The second-order valence-electron chi connectivity index (χ2n) is 5.73. The van der Waals surface area contributed by atoms with Gasteiger partial charge in [0.15, 0.2) is 5.82 Å². The van der Waals surface area contributed by atoms with E-state index < -0.39 is 10.0 Å². The summed E-state index contributed by atoms with van der Waals surface area (Å²) >= 11 is 0. The van der Waals surface area contributed by atoms with E-state index >= 15 is 0 Å². The highest BCUT2D eigenvalue weighted by Crippen LogP contribution is 2.31. The molecule has 0 amide bonds. The molecule has 24 heavy (non-hydrogen) atoms. The van der Waals surface area contributed by atoms with E-state index in [-0.39, 0.29) is 16.7 Å². The summed E-state index contributed by atoms with van der Waals surface area (Å²) in [5.74, 6) is 1.38. The molecule has 2 aromatic rings. The molecule has 1 aromatic heterocycles. The van der Waals surface area contributed by atoms with Gasteiger partial charge < -0.3 is 9.26 Å². The lowest BCUT2D eigenvalue weighted by atomic mass is 10.2. The molecule has 0 spiro atoms. The van der Waals surface area contributed by atoms with Gasteiger partial charge in [0, 0.05) is 12.5 Å². The first kappa shape index (κ1) is 18.4. The molecule has 1 N–H and O–H groups in total. The molecule has 0 unspecified atom stereocenters. The van der Waals surface area contributed by atoms with Crippen LogP contribution >= 0.6 is 0 Å². The van der Waals surface area contributed by atoms with Gasteiger partial charge in [0.1, 0.15) is 5.75 Å². The third kappa shape index (κ3) is 4.12. The van der Waals surface area contributed by atoms with Crippen LogP contribution in [0.2, 0.25) is 0 Å². The quantitative estimate of drug-likeness (QED) is 0.733. The lowest BCUT2D eigenvalue weighted by Gasteiger charge is -2.09. The molecule has 132 valence electrons. The molecule has 0 aliphatic carbocycles. The minimum absolute atomic E-state index is 0.108. The molecule has 0 aliphatic heterocycles. The highest BCUT2D eigenvalue weighted by Gasteiger charge is 2.20. The average molecular weight is 353 g/mol. The number of sulfonamides is 1. The van der Waals surface area contributed by atoms with E-state index in [1.54, 1.807) is 6.07 Å². The van der Waals surface area contributed by atoms with Gasteiger partial charge in [0.05, 0.1) is 17.6 Å². The standard InChI is InChI=1S/C16H23N3O4S/c1-5-6-9-17-24(20,21)12-7-8-14(22-4)13(10-12)16-18-15(11(2)3)19-23-16/h7-8,10-11,17H,5-6,9H2,1-4H3. The van der Waals surface area contributed by atoms with E-state index in [4.69, 9.17) is 9.26 Å². The van der Waals surface area contributed by atoms with Gasteiger partial charge in [-0.25, -0.2) is 13.1 Å². The summed E-state index contributed by atoms with van der Waals surface area (Å²) in [4.78, 5) is 4.45. The summed E-state index contributed by atoms with van der Waals surface area (Å²) in [5.41, 5.74) is 0.454. The number of benzene rings is 1. The van der Waals surface area contributed by atoms with Crippen molar-refractivity contribution in [2.75, 3.05) is 13.7 Å². The number of methoxy groups -OCH3 is 1. The van der Waals surface area contributed by atoms with Crippen LogP contribution in [0.15, 0.2) is 27.6 Å². The summed E-state index contributed by atoms with van der Waals surface area (Å²) in [6, 6.07) is 4.57. The summed E-state index contributed by atoms with van der Waals surface area (Å²) in [7, 11) is -2.09. The molecule has 0 fully saturated rings. The minimum atomic E-state index is -3.59. The molecule has 0 radical (unpaired) electrons. The fourth-order valence-corrected chi connectivity index (χ4v) is 3.17. The molecular formula is C16H23N3O4S. The van der Waals surface area contributed by atoms with E-state index in [9.17, 15) is 8.42 Å². The second kappa shape index (κ2) is 7.76. The Labute approximate surface area is 142 Å². The molecular weight excluding hydrogens is 330 g/mol. The van der Waals surface area contributed by atoms with Gasteiger partial charge in [-0.3, -0.25) is 0 Å². The monoisotopic (exact) mass is 353 g/mol. The van der Waals surface area contributed by atoms with E-state index in [0.717, 1.165) is 12.8 Å². The van der Waals surface area contributed by atoms with Crippen molar-refractivity contribution in [1.29, 1.82) is 0 Å². The second-order valence-corrected chi connectivity index (χ2v) is 7.49. The van der Waals surface area contributed by atoms with Crippen LogP contribution in [0.1, 0.15) is 45.4 Å². The highest BCUT2D eigenvalue weighted by atomic mass is 32.2. The molecule has 0 bridgehead atoms. The number of aromatic nitrogens is 2. The van der Waals surface area contributed by atoms with Gasteiger partial charge in [0.25, 0.3) is 5.89 Å². The molecule has 7 nitrogen and oxygen atoms in total. The van der Waals surface area contributed by atoms with Crippen molar-refractivity contribution in [3.05, 3.63) is 24.0 Å². The third-order valence-corrected chi connectivity index (χ3v) is 4.95. The maximum Gasteiger partial charge on any atom is 0.261 e. The zero-order valence-electron chi connectivity index (χ0n) is 14.4. The smallest absolute Gasteiger partial charge is 0.261 e. The maximum absolute atomic E-state index is 12.4. The van der Waals surface area contributed by atoms with Gasteiger partial charge in [-0.1, -0.05) is 32.3 Å². The van der Waals surface area contributed by atoms with Gasteiger partial charge in [0.2, 0.25) is 10.0 Å². The van der Waals surface area contributed by atoms with Crippen LogP contribution in [0, 0.1) is 0 Å². The van der Waals surface area contributed by atoms with Crippen LogP contribution in [0.4, 0.5) is 0 Å². The van der Waals surface area contributed by atoms with Crippen LogP contribution in [0.5, 0.6) is 5.75 Å². The molecule has 0 saturated heterocycles. The topological polar surface area (TPSA) is 94.3 Å². The van der Waals surface area contributed by atoms with Crippen LogP contribution in [-0.2, 0) is 10.0 Å². The average Bonchev–Trinajstić information content (AvgIpc) is 3.04. The Morgan fingerprint density at radius 1 is 1.33 bits per heavy atom. The predicted octanol–water partition coefficient (Wildman–Crippen LogP) is 2.95. The van der Waals surface area contributed by atoms with Crippen molar-refractivity contribution < 1.29 is 17.7 Å². The number of rotatable bonds is 8. The van der Waals surface area contributed by atoms with Crippen molar-refractivity contribution in [3.63, 3.8) is 0 Å². The predicted molar refractivity (Wildman–Crippen MR) is 90.5 cm³/mol. The van der Waals surface area contributed by atoms with Crippen molar-refractivity contribution in [2.45, 2.75) is 44.4 Å². The summed E-state index contributed by atoms with van der Waals surface area (Å²) in [6.45, 7) is 6.30. The summed E-state index contributed by atoms with van der Waals surface area (Å²) in [6.07, 6.45) is 1.69. The number of nitrogens with zero attached hydrogens (tertiary/aromatic N) is 2. The van der Waals surface area contributed by atoms with Gasteiger partial charge in [-0.15, -0.1) is 0 Å². The molecule has 1 heterocycles. The Bertz CT molecular complexity index is 784. The number of nitrogens with one attached hydrogen (secondary N) is 1. The van der Waals surface area contributed by atoms with Crippen LogP contribution in [-0.4, -0.2) is 32.2 Å². The minimum Gasteiger partial charge on any atom is -0.496 e. The zero-order valence-corrected chi connectivity index (χ0v) is 15.2. The zero-order chi connectivity index (χ0) is 17.7. The Morgan fingerprint density at radius 3 is 2.67 bits per heavy atom. The van der Waals surface area contributed by atoms with E-state index in [1.165, 1.54) is 19.2 Å². The Morgan fingerprint density at radius 2 is 2.08 bits per heavy atom. The molecule has 1 aromatic carbocycles. The van der Waals surface area contributed by atoms with Crippen molar-refractivity contribution in [1.82, 2.24) is 14.9 Å². The molecule has 0 atom stereocenters. The first-order valence-corrected chi connectivity index (χ1v) is 9.39. The summed E-state index contributed by atoms with van der Waals surface area (Å²) in [5, 5.41) is 3.91. The number of hydrogen-bond acceptors (Lipinski definition) is 6. The highest BCUT2D eigenvalue weighted by molar-refractivity contribution is 7.89. The Kier molecular flexibility index (Phi) is 5.95. The van der Waals surface area contributed by atoms with Crippen molar-refractivity contribution >= 4 is 10.0 Å². The number of unbranched alkanes of at least 4 members (excludes halogenated alkanes) is 1. The van der Waals surface area contributed by atoms with Crippen LogP contribution in [0.25, 0.3) is 11.5 Å². The molecule has 8 heteroatoms. The first-order valence-electron chi connectivity index (χ1n) is 7.90. The fraction of sp³-hybridized carbons (Fsp3) is 0.500. The Hall–Kier alpha value is -1.93. The lowest BCUT2D eigenvalue weighted by Crippen LogP contribution is -2.24. The van der Waals surface area contributed by atoms with E-state index in [2.05, 4.69) is 14.9 Å².